The van der Waals surface area contributed by atoms with E-state index in [0.717, 1.165) is 0 Å². The van der Waals surface area contributed by atoms with E-state index in [1.54, 1.807) is 24.3 Å². The number of carbonyl (C=O) groups excluding carboxylic acids is 1. The number of hydrazine groups is 1. The molecule has 0 saturated heterocycles. The molecular formula is C14H9Cl3N6O. The number of anilines is 1. The van der Waals surface area contributed by atoms with Gasteiger partial charge in [0.1, 0.15) is 5.69 Å². The molecule has 2 N–H and O–H groups in total. The molecule has 10 heteroatoms. The zero-order valence-electron chi connectivity index (χ0n) is 11.9. The van der Waals surface area contributed by atoms with Crippen molar-refractivity contribution in [2.75, 3.05) is 5.43 Å². The summed E-state index contributed by atoms with van der Waals surface area (Å²) in [6.45, 7) is 0. The second-order valence-electron chi connectivity index (χ2n) is 4.49. The molecule has 0 fully saturated rings. The molecule has 0 bridgehead atoms. The summed E-state index contributed by atoms with van der Waals surface area (Å²) in [5.41, 5.74) is 5.25. The summed E-state index contributed by atoms with van der Waals surface area (Å²) in [5.74, 6) is 0.0745. The summed E-state index contributed by atoms with van der Waals surface area (Å²) < 4.78 is 1.25. The molecule has 0 aliphatic rings. The monoisotopic (exact) mass is 382 g/mol. The number of hydrogen-bond donors (Lipinski definition) is 2. The van der Waals surface area contributed by atoms with Gasteiger partial charge in [-0.3, -0.25) is 15.6 Å². The van der Waals surface area contributed by atoms with Crippen LogP contribution in [0.5, 0.6) is 0 Å². The van der Waals surface area contributed by atoms with E-state index in [2.05, 4.69) is 25.9 Å². The van der Waals surface area contributed by atoms with Crippen LogP contribution >= 0.6 is 34.8 Å². The van der Waals surface area contributed by atoms with Crippen molar-refractivity contribution in [3.63, 3.8) is 0 Å². The van der Waals surface area contributed by atoms with Gasteiger partial charge >= 0.3 is 0 Å². The molecule has 7 nitrogen and oxygen atoms in total. The van der Waals surface area contributed by atoms with Gasteiger partial charge in [-0.25, -0.2) is 14.6 Å². The Morgan fingerprint density at radius 1 is 1.04 bits per heavy atom. The molecule has 0 saturated carbocycles. The van der Waals surface area contributed by atoms with E-state index >= 15 is 0 Å². The molecule has 0 unspecified atom stereocenters. The Hall–Kier alpha value is -2.35. The zero-order chi connectivity index (χ0) is 17.1. The first-order valence-corrected chi connectivity index (χ1v) is 7.73. The van der Waals surface area contributed by atoms with Gasteiger partial charge in [0.05, 0.1) is 10.0 Å². The van der Waals surface area contributed by atoms with Crippen molar-refractivity contribution in [2.24, 2.45) is 0 Å². The number of nitrogens with zero attached hydrogens (tertiary/aromatic N) is 4. The van der Waals surface area contributed by atoms with Crippen LogP contribution in [0.2, 0.25) is 15.2 Å². The van der Waals surface area contributed by atoms with E-state index in [9.17, 15) is 4.79 Å². The third kappa shape index (κ3) is 3.43. The molecule has 0 radical (unpaired) electrons. The average molecular weight is 384 g/mol. The number of amides is 1. The van der Waals surface area contributed by atoms with Gasteiger partial charge in [0.25, 0.3) is 5.91 Å². The van der Waals surface area contributed by atoms with Gasteiger partial charge in [0.2, 0.25) is 0 Å². The molecule has 3 aromatic rings. The van der Waals surface area contributed by atoms with Crippen LogP contribution in [0.4, 0.5) is 5.82 Å². The van der Waals surface area contributed by atoms with Crippen LogP contribution in [0, 0.1) is 0 Å². The van der Waals surface area contributed by atoms with Gasteiger partial charge in [0.15, 0.2) is 16.8 Å². The molecule has 0 spiro atoms. The molecule has 0 atom stereocenters. The summed E-state index contributed by atoms with van der Waals surface area (Å²) in [6, 6.07) is 8.00. The lowest BCUT2D eigenvalue weighted by Gasteiger charge is -2.10. The topological polar surface area (TPSA) is 84.7 Å². The van der Waals surface area contributed by atoms with Gasteiger partial charge in [-0.2, -0.15) is 5.10 Å². The molecule has 3 rings (SSSR count). The lowest BCUT2D eigenvalue weighted by Crippen LogP contribution is -2.31. The molecular weight excluding hydrogens is 375 g/mol. The van der Waals surface area contributed by atoms with E-state index in [4.69, 9.17) is 34.8 Å². The van der Waals surface area contributed by atoms with E-state index in [-0.39, 0.29) is 16.7 Å². The highest BCUT2D eigenvalue weighted by atomic mass is 35.5. The van der Waals surface area contributed by atoms with E-state index in [0.29, 0.717) is 15.9 Å². The van der Waals surface area contributed by atoms with Crippen molar-refractivity contribution in [1.29, 1.82) is 0 Å². The molecule has 0 aliphatic heterocycles. The fraction of sp³-hybridized carbons (Fsp3) is 0. The summed E-state index contributed by atoms with van der Waals surface area (Å²) in [6.07, 6.45) is 3.07. The zero-order valence-corrected chi connectivity index (χ0v) is 14.1. The first kappa shape index (κ1) is 16.5. The standard InChI is InChI=1S/C14H9Cl3N6O/c15-8-3-1-5-18-12(8)20-21-14(24)10-7-11(17)22-23(10)13-9(16)4-2-6-19-13/h1-7H,(H,18,20)(H,21,24). The quantitative estimate of drug-likeness (QED) is 0.675. The third-order valence-corrected chi connectivity index (χ3v) is 3.69. The van der Waals surface area contributed by atoms with Gasteiger partial charge in [-0.05, 0) is 24.3 Å². The molecule has 3 aromatic heterocycles. The maximum Gasteiger partial charge on any atom is 0.288 e. The Bertz CT molecular complexity index is 898. The molecule has 24 heavy (non-hydrogen) atoms. The Kier molecular flexibility index (Phi) is 4.84. The normalized spacial score (nSPS) is 10.5. The maximum absolute atomic E-state index is 12.4. The van der Waals surface area contributed by atoms with Gasteiger partial charge in [-0.15, -0.1) is 0 Å². The molecule has 0 aromatic carbocycles. The second-order valence-corrected chi connectivity index (χ2v) is 5.69. The van der Waals surface area contributed by atoms with Crippen LogP contribution in [0.15, 0.2) is 42.7 Å². The van der Waals surface area contributed by atoms with Gasteiger partial charge in [-0.1, -0.05) is 34.8 Å². The fourth-order valence-corrected chi connectivity index (χ4v) is 2.42. The lowest BCUT2D eigenvalue weighted by atomic mass is 10.4. The SMILES string of the molecule is O=C(NNc1ncccc1Cl)c1cc(Cl)nn1-c1ncccc1Cl. The van der Waals surface area contributed by atoms with Crippen LogP contribution < -0.4 is 10.9 Å². The van der Waals surface area contributed by atoms with Gasteiger partial charge < -0.3 is 0 Å². The minimum absolute atomic E-state index is 0.123. The molecule has 1 amide bonds. The molecule has 0 aliphatic carbocycles. The van der Waals surface area contributed by atoms with Crippen molar-refractivity contribution in [2.45, 2.75) is 0 Å². The number of aromatic nitrogens is 4. The van der Waals surface area contributed by atoms with E-state index < -0.39 is 5.91 Å². The largest absolute Gasteiger partial charge is 0.288 e. The van der Waals surface area contributed by atoms with Crippen molar-refractivity contribution in [1.82, 2.24) is 25.2 Å². The number of pyridine rings is 2. The van der Waals surface area contributed by atoms with Crippen LogP contribution in [-0.4, -0.2) is 25.7 Å². The van der Waals surface area contributed by atoms with Crippen molar-refractivity contribution >= 4 is 46.5 Å². The predicted molar refractivity (Wildman–Crippen MR) is 91.7 cm³/mol. The third-order valence-electron chi connectivity index (χ3n) is 2.90. The second kappa shape index (κ2) is 7.04. The highest BCUT2D eigenvalue weighted by Gasteiger charge is 2.18. The van der Waals surface area contributed by atoms with Crippen LogP contribution in [0.25, 0.3) is 5.82 Å². The number of nitrogens with one attached hydrogen (secondary N) is 2. The van der Waals surface area contributed by atoms with Gasteiger partial charge in [0, 0.05) is 18.5 Å². The minimum atomic E-state index is -0.516. The number of rotatable bonds is 4. The summed E-state index contributed by atoms with van der Waals surface area (Å²) in [7, 11) is 0. The number of halogens is 3. The van der Waals surface area contributed by atoms with Crippen LogP contribution in [0.1, 0.15) is 10.5 Å². The van der Waals surface area contributed by atoms with E-state index in [1.165, 1.54) is 23.1 Å². The Balaban J connectivity index is 1.86. The van der Waals surface area contributed by atoms with E-state index in [1.807, 2.05) is 0 Å². The summed E-state index contributed by atoms with van der Waals surface area (Å²) in [4.78, 5) is 20.5. The first-order valence-electron chi connectivity index (χ1n) is 6.59. The minimum Gasteiger partial charge on any atom is -0.280 e. The van der Waals surface area contributed by atoms with Crippen LogP contribution in [0.3, 0.4) is 0 Å². The Morgan fingerprint density at radius 3 is 2.46 bits per heavy atom. The van der Waals surface area contributed by atoms with Crippen molar-refractivity contribution in [3.05, 3.63) is 63.6 Å². The maximum atomic E-state index is 12.4. The highest BCUT2D eigenvalue weighted by Crippen LogP contribution is 2.21. The predicted octanol–water partition coefficient (Wildman–Crippen LogP) is 3.38. The molecule has 3 heterocycles. The number of hydrogen-bond acceptors (Lipinski definition) is 5. The fourth-order valence-electron chi connectivity index (χ4n) is 1.87. The smallest absolute Gasteiger partial charge is 0.280 e. The Labute approximate surface area is 151 Å². The summed E-state index contributed by atoms with van der Waals surface area (Å²) in [5, 5.41) is 4.85. The van der Waals surface area contributed by atoms with Crippen molar-refractivity contribution < 1.29 is 4.79 Å². The molecule has 122 valence electrons. The van der Waals surface area contributed by atoms with Crippen molar-refractivity contribution in [3.8, 4) is 5.82 Å². The summed E-state index contributed by atoms with van der Waals surface area (Å²) >= 11 is 18.0. The first-order chi connectivity index (χ1) is 11.6. The number of carbonyl (C=O) groups is 1. The average Bonchev–Trinajstić information content (AvgIpc) is 2.96. The van der Waals surface area contributed by atoms with Crippen LogP contribution in [-0.2, 0) is 0 Å². The lowest BCUT2D eigenvalue weighted by molar-refractivity contribution is 0.0954. The highest BCUT2D eigenvalue weighted by molar-refractivity contribution is 6.33. The Morgan fingerprint density at radius 2 is 1.75 bits per heavy atom.